The Morgan fingerprint density at radius 2 is 1.64 bits per heavy atom. The van der Waals surface area contributed by atoms with Gasteiger partial charge in [-0.05, 0) is 19.1 Å². The van der Waals surface area contributed by atoms with Crippen LogP contribution in [-0.2, 0) is 4.74 Å². The van der Waals surface area contributed by atoms with Crippen LogP contribution in [0.2, 0.25) is 0 Å². The predicted molar refractivity (Wildman–Crippen MR) is 49.7 cm³/mol. The van der Waals surface area contributed by atoms with Gasteiger partial charge in [0.2, 0.25) is 0 Å². The number of benzene rings is 1. The molecule has 1 heterocycles. The van der Waals surface area contributed by atoms with Gasteiger partial charge in [-0.25, -0.2) is 0 Å². The summed E-state index contributed by atoms with van der Waals surface area (Å²) in [7, 11) is 0. The molecule has 0 saturated carbocycles. The van der Waals surface area contributed by atoms with E-state index in [9.17, 15) is 0 Å². The number of halogens is 1. The molecule has 1 fully saturated rings. The van der Waals surface area contributed by atoms with Gasteiger partial charge in [0.25, 0.3) is 0 Å². The zero-order valence-corrected chi connectivity index (χ0v) is 8.10. The summed E-state index contributed by atoms with van der Waals surface area (Å²) in [4.78, 5) is 0. The Labute approximate surface area is 75.5 Å². The van der Waals surface area contributed by atoms with E-state index in [2.05, 4.69) is 39.7 Å². The molecule has 1 aromatic carbocycles. The van der Waals surface area contributed by atoms with E-state index in [0.717, 1.165) is 17.7 Å². The van der Waals surface area contributed by atoms with Crippen LogP contribution in [0.15, 0.2) is 28.7 Å². The summed E-state index contributed by atoms with van der Waals surface area (Å²) >= 11 is 3.35. The van der Waals surface area contributed by atoms with Crippen LogP contribution in [0.25, 0.3) is 0 Å². The van der Waals surface area contributed by atoms with Crippen molar-refractivity contribution in [1.29, 1.82) is 0 Å². The smallest absolute Gasteiger partial charge is 0.0701 e. The van der Waals surface area contributed by atoms with E-state index in [4.69, 9.17) is 0 Å². The van der Waals surface area contributed by atoms with Crippen LogP contribution < -0.4 is 0 Å². The maximum absolute atomic E-state index is 4.50. The number of epoxide rings is 1. The zero-order valence-electron chi connectivity index (χ0n) is 6.51. The Morgan fingerprint density at radius 3 is 1.91 bits per heavy atom. The standard InChI is InChI=1S/C7H7Br.C2H4O/c1-6-2-4-7(8)5-3-6;1-2-3-1/h2-5H,1H3;1-2H2. The fourth-order valence-electron chi connectivity index (χ4n) is 0.533. The van der Waals surface area contributed by atoms with E-state index in [-0.39, 0.29) is 0 Å². The van der Waals surface area contributed by atoms with Gasteiger partial charge in [-0.3, -0.25) is 0 Å². The molecular formula is C9H11BrO. The monoisotopic (exact) mass is 214 g/mol. The van der Waals surface area contributed by atoms with E-state index in [1.807, 2.05) is 12.1 Å². The van der Waals surface area contributed by atoms with Crippen molar-refractivity contribution in [3.8, 4) is 0 Å². The molecular weight excluding hydrogens is 204 g/mol. The summed E-state index contributed by atoms with van der Waals surface area (Å²) in [5.41, 5.74) is 1.30. The van der Waals surface area contributed by atoms with Crippen LogP contribution in [0.1, 0.15) is 5.56 Å². The van der Waals surface area contributed by atoms with Crippen molar-refractivity contribution in [2.75, 3.05) is 13.2 Å². The first-order valence-corrected chi connectivity index (χ1v) is 4.38. The van der Waals surface area contributed by atoms with Gasteiger partial charge in [0, 0.05) is 4.47 Å². The van der Waals surface area contributed by atoms with E-state index in [0.29, 0.717) is 0 Å². The van der Waals surface area contributed by atoms with Gasteiger partial charge in [0.15, 0.2) is 0 Å². The van der Waals surface area contributed by atoms with E-state index < -0.39 is 0 Å². The molecule has 2 heteroatoms. The predicted octanol–water partition coefficient (Wildman–Crippen LogP) is 2.77. The van der Waals surface area contributed by atoms with Gasteiger partial charge < -0.3 is 4.74 Å². The number of rotatable bonds is 0. The van der Waals surface area contributed by atoms with Crippen LogP contribution >= 0.6 is 15.9 Å². The SMILES string of the molecule is C1CO1.Cc1ccc(Br)cc1. The average molecular weight is 215 g/mol. The lowest BCUT2D eigenvalue weighted by atomic mass is 10.2. The normalized spacial score (nSPS) is 13.3. The lowest BCUT2D eigenvalue weighted by Gasteiger charge is -1.88. The van der Waals surface area contributed by atoms with Gasteiger partial charge in [-0.2, -0.15) is 0 Å². The average Bonchev–Trinajstić information content (AvgIpc) is 2.80. The summed E-state index contributed by atoms with van der Waals surface area (Å²) in [5, 5.41) is 0. The highest BCUT2D eigenvalue weighted by Crippen LogP contribution is 2.08. The van der Waals surface area contributed by atoms with Gasteiger partial charge in [-0.1, -0.05) is 33.6 Å². The third-order valence-electron chi connectivity index (χ3n) is 1.22. The lowest BCUT2D eigenvalue weighted by Crippen LogP contribution is -1.66. The first kappa shape index (κ1) is 8.75. The van der Waals surface area contributed by atoms with Crippen molar-refractivity contribution in [3.63, 3.8) is 0 Å². The fraction of sp³-hybridized carbons (Fsp3) is 0.333. The Kier molecular flexibility index (Phi) is 3.60. The molecule has 0 unspecified atom stereocenters. The maximum atomic E-state index is 4.50. The van der Waals surface area contributed by atoms with Crippen LogP contribution in [0, 0.1) is 6.92 Å². The van der Waals surface area contributed by atoms with Crippen LogP contribution in [0.4, 0.5) is 0 Å². The summed E-state index contributed by atoms with van der Waals surface area (Å²) in [6, 6.07) is 8.22. The van der Waals surface area contributed by atoms with Gasteiger partial charge in [0.05, 0.1) is 13.2 Å². The van der Waals surface area contributed by atoms with Crippen molar-refractivity contribution < 1.29 is 4.74 Å². The van der Waals surface area contributed by atoms with E-state index in [1.165, 1.54) is 5.56 Å². The van der Waals surface area contributed by atoms with Crippen molar-refractivity contribution >= 4 is 15.9 Å². The Morgan fingerprint density at radius 1 is 1.18 bits per heavy atom. The van der Waals surface area contributed by atoms with Crippen molar-refractivity contribution in [2.24, 2.45) is 0 Å². The molecule has 0 spiro atoms. The molecule has 0 N–H and O–H groups in total. The largest absolute Gasteiger partial charge is 0.377 e. The number of hydrogen-bond donors (Lipinski definition) is 0. The first-order chi connectivity index (χ1) is 5.29. The second kappa shape index (κ2) is 4.52. The molecule has 1 aromatic rings. The molecule has 0 atom stereocenters. The fourth-order valence-corrected chi connectivity index (χ4v) is 0.798. The maximum Gasteiger partial charge on any atom is 0.0701 e. The van der Waals surface area contributed by atoms with E-state index >= 15 is 0 Å². The summed E-state index contributed by atoms with van der Waals surface area (Å²) < 4.78 is 5.64. The van der Waals surface area contributed by atoms with Gasteiger partial charge in [0.1, 0.15) is 0 Å². The minimum Gasteiger partial charge on any atom is -0.377 e. The molecule has 1 aliphatic rings. The molecule has 0 amide bonds. The van der Waals surface area contributed by atoms with Crippen molar-refractivity contribution in [3.05, 3.63) is 34.3 Å². The number of ether oxygens (including phenoxy) is 1. The van der Waals surface area contributed by atoms with Crippen LogP contribution in [0.3, 0.4) is 0 Å². The molecule has 0 aromatic heterocycles. The molecule has 1 aliphatic heterocycles. The Bertz CT molecular complexity index is 180. The van der Waals surface area contributed by atoms with Gasteiger partial charge in [-0.15, -0.1) is 0 Å². The topological polar surface area (TPSA) is 12.5 Å². The number of aryl methyl sites for hydroxylation is 1. The van der Waals surface area contributed by atoms with E-state index in [1.54, 1.807) is 0 Å². The summed E-state index contributed by atoms with van der Waals surface area (Å²) in [5.74, 6) is 0. The Hall–Kier alpha value is -0.340. The molecule has 1 saturated heterocycles. The lowest BCUT2D eigenvalue weighted by molar-refractivity contribution is 0.475. The molecule has 11 heavy (non-hydrogen) atoms. The highest BCUT2D eigenvalue weighted by atomic mass is 79.9. The second-order valence-corrected chi connectivity index (χ2v) is 3.32. The van der Waals surface area contributed by atoms with Crippen LogP contribution in [-0.4, -0.2) is 13.2 Å². The van der Waals surface area contributed by atoms with Gasteiger partial charge >= 0.3 is 0 Å². The zero-order chi connectivity index (χ0) is 8.10. The molecule has 60 valence electrons. The molecule has 1 nitrogen and oxygen atoms in total. The minimum atomic E-state index is 1.00. The highest BCUT2D eigenvalue weighted by Gasteiger charge is 1.94. The quantitative estimate of drug-likeness (QED) is 0.606. The molecule has 0 radical (unpaired) electrons. The number of hydrogen-bond acceptors (Lipinski definition) is 1. The third-order valence-corrected chi connectivity index (χ3v) is 1.74. The first-order valence-electron chi connectivity index (χ1n) is 3.59. The van der Waals surface area contributed by atoms with Crippen molar-refractivity contribution in [1.82, 2.24) is 0 Å². The molecule has 2 rings (SSSR count). The summed E-state index contributed by atoms with van der Waals surface area (Å²) in [6.07, 6.45) is 0. The molecule has 0 bridgehead atoms. The highest BCUT2D eigenvalue weighted by molar-refractivity contribution is 9.10. The minimum absolute atomic E-state index is 1.00. The second-order valence-electron chi connectivity index (χ2n) is 2.41. The van der Waals surface area contributed by atoms with Crippen LogP contribution in [0.5, 0.6) is 0 Å². The third kappa shape index (κ3) is 4.99. The Balaban J connectivity index is 0.000000167. The van der Waals surface area contributed by atoms with Crippen molar-refractivity contribution in [2.45, 2.75) is 6.92 Å². The summed E-state index contributed by atoms with van der Waals surface area (Å²) in [6.45, 7) is 4.08. The molecule has 0 aliphatic carbocycles.